The number of hydrogen-bond acceptors (Lipinski definition) is 4. The molecule has 0 aromatic carbocycles. The van der Waals surface area contributed by atoms with Crippen molar-refractivity contribution >= 4 is 5.97 Å². The van der Waals surface area contributed by atoms with Gasteiger partial charge in [-0.05, 0) is 25.8 Å². The average molecular weight is 217 g/mol. The van der Waals surface area contributed by atoms with Crippen molar-refractivity contribution in [2.45, 2.75) is 37.8 Å². The van der Waals surface area contributed by atoms with Gasteiger partial charge in [-0.2, -0.15) is 0 Å². The van der Waals surface area contributed by atoms with Crippen LogP contribution in [0.2, 0.25) is 0 Å². The van der Waals surface area contributed by atoms with E-state index in [0.29, 0.717) is 19.5 Å². The van der Waals surface area contributed by atoms with Gasteiger partial charge in [-0.3, -0.25) is 9.69 Å². The van der Waals surface area contributed by atoms with E-state index in [4.69, 9.17) is 10.2 Å². The second-order valence-corrected chi connectivity index (χ2v) is 4.02. The van der Waals surface area contributed by atoms with Crippen LogP contribution in [0.4, 0.5) is 0 Å². The molecule has 5 nitrogen and oxygen atoms in total. The number of aliphatic hydroxyl groups is 2. The lowest BCUT2D eigenvalue weighted by Gasteiger charge is -2.20. The van der Waals surface area contributed by atoms with Gasteiger partial charge in [-0.1, -0.05) is 0 Å². The fourth-order valence-electron chi connectivity index (χ4n) is 1.99. The molecule has 5 heteroatoms. The van der Waals surface area contributed by atoms with E-state index in [2.05, 4.69) is 0 Å². The second-order valence-electron chi connectivity index (χ2n) is 4.02. The number of unbranched alkanes of at least 4 members (excludes halogenated alkanes) is 2. The highest BCUT2D eigenvalue weighted by Gasteiger charge is 2.35. The fraction of sp³-hybridized carbons (Fsp3) is 0.900. The number of aliphatic hydroxyl groups excluding tert-OH is 2. The predicted molar refractivity (Wildman–Crippen MR) is 54.6 cm³/mol. The number of carboxylic acid groups (broad SMARTS) is 1. The summed E-state index contributed by atoms with van der Waals surface area (Å²) in [6.45, 7) is 1.33. The summed E-state index contributed by atoms with van der Waals surface area (Å²) in [6, 6.07) is -0.533. The molecular weight excluding hydrogens is 198 g/mol. The summed E-state index contributed by atoms with van der Waals surface area (Å²) in [5.74, 6) is -0.853. The lowest BCUT2D eigenvalue weighted by Crippen LogP contribution is -2.36. The second kappa shape index (κ2) is 6.05. The van der Waals surface area contributed by atoms with Crippen LogP contribution in [0.5, 0.6) is 0 Å². The molecular formula is C10H19NO4. The Morgan fingerprint density at radius 1 is 1.33 bits per heavy atom. The van der Waals surface area contributed by atoms with Gasteiger partial charge < -0.3 is 15.3 Å². The zero-order valence-corrected chi connectivity index (χ0v) is 8.80. The van der Waals surface area contributed by atoms with Crippen molar-refractivity contribution in [3.05, 3.63) is 0 Å². The first-order valence-corrected chi connectivity index (χ1v) is 5.41. The number of likely N-dealkylation sites (tertiary alicyclic amines) is 1. The van der Waals surface area contributed by atoms with Crippen molar-refractivity contribution in [3.63, 3.8) is 0 Å². The van der Waals surface area contributed by atoms with Crippen molar-refractivity contribution in [2.75, 3.05) is 19.7 Å². The van der Waals surface area contributed by atoms with Gasteiger partial charge in [0.2, 0.25) is 0 Å². The third kappa shape index (κ3) is 3.77. The molecule has 1 saturated heterocycles. The molecule has 88 valence electrons. The number of rotatable bonds is 6. The molecule has 1 aliphatic heterocycles. The van der Waals surface area contributed by atoms with E-state index in [1.165, 1.54) is 0 Å². The summed E-state index contributed by atoms with van der Waals surface area (Å²) in [5.41, 5.74) is 0. The Morgan fingerprint density at radius 2 is 2.07 bits per heavy atom. The number of β-amino-alcohol motifs (C(OH)–C–C–N with tert-alkyl or cyclic N) is 1. The Hall–Kier alpha value is -0.650. The summed E-state index contributed by atoms with van der Waals surface area (Å²) in [5, 5.41) is 26.9. The molecule has 0 bridgehead atoms. The van der Waals surface area contributed by atoms with Gasteiger partial charge in [0.05, 0.1) is 6.10 Å². The molecule has 0 amide bonds. The van der Waals surface area contributed by atoms with E-state index in [1.54, 1.807) is 0 Å². The van der Waals surface area contributed by atoms with Gasteiger partial charge in [-0.25, -0.2) is 0 Å². The standard InChI is InChI=1S/C10H19NO4/c12-5-3-1-2-4-11-7-8(13)6-9(11)10(14)15/h8-9,12-13H,1-7H2,(H,14,15). The van der Waals surface area contributed by atoms with Gasteiger partial charge in [-0.15, -0.1) is 0 Å². The van der Waals surface area contributed by atoms with Gasteiger partial charge in [0.1, 0.15) is 6.04 Å². The SMILES string of the molecule is O=C(O)C1CC(O)CN1CCCCCO. The topological polar surface area (TPSA) is 81.0 Å². The van der Waals surface area contributed by atoms with Crippen LogP contribution in [-0.4, -0.2) is 58.0 Å². The highest BCUT2D eigenvalue weighted by molar-refractivity contribution is 5.74. The van der Waals surface area contributed by atoms with E-state index in [0.717, 1.165) is 19.3 Å². The summed E-state index contributed by atoms with van der Waals surface area (Å²) in [7, 11) is 0. The van der Waals surface area contributed by atoms with Crippen molar-refractivity contribution in [3.8, 4) is 0 Å². The van der Waals surface area contributed by atoms with Crippen LogP contribution in [0.15, 0.2) is 0 Å². The van der Waals surface area contributed by atoms with E-state index >= 15 is 0 Å². The van der Waals surface area contributed by atoms with Gasteiger partial charge in [0.25, 0.3) is 0 Å². The first kappa shape index (κ1) is 12.4. The van der Waals surface area contributed by atoms with Crippen molar-refractivity contribution < 1.29 is 20.1 Å². The Balaban J connectivity index is 2.29. The lowest BCUT2D eigenvalue weighted by atomic mass is 10.2. The van der Waals surface area contributed by atoms with Crippen LogP contribution < -0.4 is 0 Å². The highest BCUT2D eigenvalue weighted by atomic mass is 16.4. The minimum atomic E-state index is -0.853. The van der Waals surface area contributed by atoms with Crippen LogP contribution in [0.1, 0.15) is 25.7 Å². The Labute approximate surface area is 89.3 Å². The molecule has 15 heavy (non-hydrogen) atoms. The van der Waals surface area contributed by atoms with Gasteiger partial charge >= 0.3 is 5.97 Å². The molecule has 0 aliphatic carbocycles. The third-order valence-corrected chi connectivity index (χ3v) is 2.77. The smallest absolute Gasteiger partial charge is 0.321 e. The predicted octanol–water partition coefficient (Wildman–Crippen LogP) is -0.331. The first-order valence-electron chi connectivity index (χ1n) is 5.41. The van der Waals surface area contributed by atoms with Crippen molar-refractivity contribution in [2.24, 2.45) is 0 Å². The number of nitrogens with zero attached hydrogens (tertiary/aromatic N) is 1. The van der Waals surface area contributed by atoms with E-state index in [9.17, 15) is 9.90 Å². The maximum atomic E-state index is 10.9. The minimum Gasteiger partial charge on any atom is -0.480 e. The van der Waals surface area contributed by atoms with Crippen LogP contribution in [0, 0.1) is 0 Å². The summed E-state index contributed by atoms with van der Waals surface area (Å²) in [4.78, 5) is 12.7. The molecule has 2 unspecified atom stereocenters. The molecule has 0 aromatic rings. The fourth-order valence-corrected chi connectivity index (χ4v) is 1.99. The van der Waals surface area contributed by atoms with Crippen molar-refractivity contribution in [1.29, 1.82) is 0 Å². The van der Waals surface area contributed by atoms with Gasteiger partial charge in [0.15, 0.2) is 0 Å². The zero-order valence-electron chi connectivity index (χ0n) is 8.80. The Bertz CT molecular complexity index is 210. The van der Waals surface area contributed by atoms with E-state index in [1.807, 2.05) is 4.90 Å². The lowest BCUT2D eigenvalue weighted by molar-refractivity contribution is -0.142. The summed E-state index contributed by atoms with van der Waals surface area (Å²) < 4.78 is 0. The number of hydrogen-bond donors (Lipinski definition) is 3. The molecule has 0 radical (unpaired) electrons. The van der Waals surface area contributed by atoms with Gasteiger partial charge in [0, 0.05) is 19.6 Å². The molecule has 3 N–H and O–H groups in total. The monoisotopic (exact) mass is 217 g/mol. The number of carbonyl (C=O) groups is 1. The number of aliphatic carboxylic acids is 1. The minimum absolute atomic E-state index is 0.186. The van der Waals surface area contributed by atoms with E-state index < -0.39 is 18.1 Å². The molecule has 1 rings (SSSR count). The van der Waals surface area contributed by atoms with Crippen LogP contribution in [-0.2, 0) is 4.79 Å². The molecule has 2 atom stereocenters. The molecule has 1 heterocycles. The maximum absolute atomic E-state index is 10.9. The molecule has 0 saturated carbocycles. The Morgan fingerprint density at radius 3 is 2.67 bits per heavy atom. The largest absolute Gasteiger partial charge is 0.480 e. The average Bonchev–Trinajstić information content (AvgIpc) is 2.55. The molecule has 0 spiro atoms. The third-order valence-electron chi connectivity index (χ3n) is 2.77. The van der Waals surface area contributed by atoms with Crippen LogP contribution in [0.3, 0.4) is 0 Å². The molecule has 0 aromatic heterocycles. The Kier molecular flexibility index (Phi) is 5.01. The summed E-state index contributed by atoms with van der Waals surface area (Å²) in [6.07, 6.45) is 2.35. The van der Waals surface area contributed by atoms with Crippen LogP contribution >= 0.6 is 0 Å². The van der Waals surface area contributed by atoms with E-state index in [-0.39, 0.29) is 6.61 Å². The van der Waals surface area contributed by atoms with Crippen molar-refractivity contribution in [1.82, 2.24) is 4.90 Å². The number of carboxylic acids is 1. The summed E-state index contributed by atoms with van der Waals surface area (Å²) >= 11 is 0. The normalized spacial score (nSPS) is 27.1. The van der Waals surface area contributed by atoms with Crippen LogP contribution in [0.25, 0.3) is 0 Å². The first-order chi connectivity index (χ1) is 7.15. The molecule has 1 fully saturated rings. The molecule has 1 aliphatic rings. The quantitative estimate of drug-likeness (QED) is 0.531. The zero-order chi connectivity index (χ0) is 11.3. The highest BCUT2D eigenvalue weighted by Crippen LogP contribution is 2.18. The maximum Gasteiger partial charge on any atom is 0.321 e.